The zero-order chi connectivity index (χ0) is 21.9. The van der Waals surface area contributed by atoms with Crippen LogP contribution in [-0.4, -0.2) is 54.6 Å². The lowest BCUT2D eigenvalue weighted by Crippen LogP contribution is -2.35. The third-order valence-electron chi connectivity index (χ3n) is 3.62. The van der Waals surface area contributed by atoms with Crippen LogP contribution in [0.5, 0.6) is 17.5 Å². The molecule has 3 rings (SSSR count). The molecule has 0 atom stereocenters. The quantitative estimate of drug-likeness (QED) is 0.542. The summed E-state index contributed by atoms with van der Waals surface area (Å²) in [6, 6.07) is 3.41. The summed E-state index contributed by atoms with van der Waals surface area (Å²) in [5.41, 5.74) is 0.255. The van der Waals surface area contributed by atoms with E-state index in [0.29, 0.717) is 12.4 Å². The number of hydrogen-bond donors (Lipinski definition) is 2. The SMILES string of the molecule is CCOc1ccc2nc(Cl)c(S(=O)(=O)NC(=O)Nc3nc(OC)cc(OC)n3)n2c1. The summed E-state index contributed by atoms with van der Waals surface area (Å²) in [6.07, 6.45) is 1.40. The van der Waals surface area contributed by atoms with Crippen LogP contribution < -0.4 is 24.2 Å². The number of hydrogen-bond acceptors (Lipinski definition) is 9. The van der Waals surface area contributed by atoms with E-state index in [0.717, 1.165) is 0 Å². The number of nitrogens with zero attached hydrogens (tertiary/aromatic N) is 4. The van der Waals surface area contributed by atoms with Gasteiger partial charge < -0.3 is 14.2 Å². The van der Waals surface area contributed by atoms with E-state index in [4.69, 9.17) is 25.8 Å². The topological polar surface area (TPSA) is 146 Å². The molecule has 2 amide bonds. The van der Waals surface area contributed by atoms with Gasteiger partial charge in [-0.2, -0.15) is 18.4 Å². The highest BCUT2D eigenvalue weighted by molar-refractivity contribution is 7.90. The molecule has 0 unspecified atom stereocenters. The molecule has 0 spiro atoms. The lowest BCUT2D eigenvalue weighted by Gasteiger charge is -2.10. The molecule has 14 heteroatoms. The molecule has 160 valence electrons. The number of carbonyl (C=O) groups is 1. The largest absolute Gasteiger partial charge is 0.492 e. The zero-order valence-electron chi connectivity index (χ0n) is 16.0. The van der Waals surface area contributed by atoms with Gasteiger partial charge in [0.25, 0.3) is 10.0 Å². The normalized spacial score (nSPS) is 11.2. The van der Waals surface area contributed by atoms with E-state index in [1.54, 1.807) is 13.0 Å². The molecule has 0 aliphatic heterocycles. The molecule has 0 bridgehead atoms. The maximum atomic E-state index is 12.8. The second kappa shape index (κ2) is 8.59. The van der Waals surface area contributed by atoms with Gasteiger partial charge in [0, 0.05) is 0 Å². The van der Waals surface area contributed by atoms with Gasteiger partial charge in [0.1, 0.15) is 11.4 Å². The highest BCUT2D eigenvalue weighted by Gasteiger charge is 2.27. The lowest BCUT2D eigenvalue weighted by atomic mass is 10.4. The average Bonchev–Trinajstić information content (AvgIpc) is 3.03. The maximum absolute atomic E-state index is 12.8. The monoisotopic (exact) mass is 456 g/mol. The van der Waals surface area contributed by atoms with E-state index < -0.39 is 21.1 Å². The Morgan fingerprint density at radius 2 is 1.83 bits per heavy atom. The number of fused-ring (bicyclic) bond motifs is 1. The Morgan fingerprint density at radius 3 is 2.43 bits per heavy atom. The predicted molar refractivity (Wildman–Crippen MR) is 106 cm³/mol. The van der Waals surface area contributed by atoms with Gasteiger partial charge in [-0.3, -0.25) is 9.72 Å². The van der Waals surface area contributed by atoms with E-state index in [1.807, 2.05) is 4.72 Å². The number of carbonyl (C=O) groups excluding carboxylic acids is 1. The Morgan fingerprint density at radius 1 is 1.17 bits per heavy atom. The number of imidazole rings is 1. The van der Waals surface area contributed by atoms with Crippen molar-refractivity contribution >= 4 is 39.3 Å². The van der Waals surface area contributed by atoms with Gasteiger partial charge >= 0.3 is 6.03 Å². The number of halogens is 1. The van der Waals surface area contributed by atoms with E-state index in [9.17, 15) is 13.2 Å². The van der Waals surface area contributed by atoms with Crippen molar-refractivity contribution < 1.29 is 27.4 Å². The number of amides is 2. The summed E-state index contributed by atoms with van der Waals surface area (Å²) >= 11 is 6.02. The lowest BCUT2D eigenvalue weighted by molar-refractivity contribution is 0.256. The first kappa shape index (κ1) is 21.4. The average molecular weight is 457 g/mol. The van der Waals surface area contributed by atoms with Crippen molar-refractivity contribution in [3.8, 4) is 17.5 Å². The number of pyridine rings is 1. The fourth-order valence-corrected chi connectivity index (χ4v) is 3.98. The Kier molecular flexibility index (Phi) is 6.12. The molecule has 0 saturated carbocycles. The predicted octanol–water partition coefficient (Wildman–Crippen LogP) is 1.70. The van der Waals surface area contributed by atoms with Gasteiger partial charge in [-0.1, -0.05) is 11.6 Å². The van der Waals surface area contributed by atoms with Crippen LogP contribution in [0.15, 0.2) is 29.4 Å². The minimum atomic E-state index is -4.42. The summed E-state index contributed by atoms with van der Waals surface area (Å²) in [6.45, 7) is 2.16. The van der Waals surface area contributed by atoms with Gasteiger partial charge in [-0.15, -0.1) is 0 Å². The van der Waals surface area contributed by atoms with Gasteiger partial charge in [-0.05, 0) is 19.1 Å². The number of sulfonamides is 1. The third-order valence-corrected chi connectivity index (χ3v) is 5.35. The van der Waals surface area contributed by atoms with Crippen LogP contribution in [0.3, 0.4) is 0 Å². The van der Waals surface area contributed by atoms with Crippen LogP contribution in [-0.2, 0) is 10.0 Å². The van der Waals surface area contributed by atoms with Crippen molar-refractivity contribution in [2.75, 3.05) is 26.1 Å². The molecule has 0 aliphatic carbocycles. The van der Waals surface area contributed by atoms with Crippen LogP contribution in [0.2, 0.25) is 5.15 Å². The van der Waals surface area contributed by atoms with Crippen molar-refractivity contribution in [3.05, 3.63) is 29.5 Å². The summed E-state index contributed by atoms with van der Waals surface area (Å²) in [5.74, 6) is 0.375. The first-order chi connectivity index (χ1) is 14.3. The summed E-state index contributed by atoms with van der Waals surface area (Å²) < 4.78 is 43.9. The fraction of sp³-hybridized carbons (Fsp3) is 0.250. The van der Waals surface area contributed by atoms with Crippen molar-refractivity contribution in [2.45, 2.75) is 11.9 Å². The fourth-order valence-electron chi connectivity index (χ4n) is 2.43. The number of methoxy groups -OCH3 is 2. The van der Waals surface area contributed by atoms with Gasteiger partial charge in [0.05, 0.1) is 33.1 Å². The molecule has 0 radical (unpaired) electrons. The smallest absolute Gasteiger partial charge is 0.335 e. The number of nitrogens with one attached hydrogen (secondary N) is 2. The Labute approximate surface area is 176 Å². The van der Waals surface area contributed by atoms with Crippen LogP contribution in [0.4, 0.5) is 10.7 Å². The molecule has 3 aromatic rings. The first-order valence-electron chi connectivity index (χ1n) is 8.38. The summed E-state index contributed by atoms with van der Waals surface area (Å²) in [7, 11) is -1.70. The Hall–Kier alpha value is -3.32. The second-order valence-corrected chi connectivity index (χ2v) is 7.53. The number of aromatic nitrogens is 4. The molecule has 3 heterocycles. The maximum Gasteiger partial charge on any atom is 0.335 e. The van der Waals surface area contributed by atoms with Crippen molar-refractivity contribution in [2.24, 2.45) is 0 Å². The zero-order valence-corrected chi connectivity index (χ0v) is 17.6. The van der Waals surface area contributed by atoms with Crippen LogP contribution in [0, 0.1) is 0 Å². The molecule has 3 aromatic heterocycles. The number of urea groups is 1. The first-order valence-corrected chi connectivity index (χ1v) is 10.2. The number of anilines is 1. The summed E-state index contributed by atoms with van der Waals surface area (Å²) in [4.78, 5) is 24.0. The van der Waals surface area contributed by atoms with Crippen LogP contribution >= 0.6 is 11.6 Å². The molecule has 0 aromatic carbocycles. The molecule has 0 aliphatic rings. The number of ether oxygens (including phenoxy) is 3. The molecule has 12 nitrogen and oxygen atoms in total. The molecular formula is C16H17ClN6O6S. The van der Waals surface area contributed by atoms with E-state index in [-0.39, 0.29) is 28.5 Å². The summed E-state index contributed by atoms with van der Waals surface area (Å²) in [5, 5.41) is 1.45. The van der Waals surface area contributed by atoms with Gasteiger partial charge in [0.15, 0.2) is 10.2 Å². The molecular weight excluding hydrogens is 440 g/mol. The van der Waals surface area contributed by atoms with Crippen molar-refractivity contribution in [1.29, 1.82) is 0 Å². The standard InChI is InChI=1S/C16H17ClN6O6S/c1-4-29-9-5-6-10-18-13(17)14(23(10)8-9)30(25,26)22-16(24)21-15-19-11(27-2)7-12(20-15)28-3/h5-8H,4H2,1-3H3,(H2,19,20,21,22,24). The minimum Gasteiger partial charge on any atom is -0.492 e. The van der Waals surface area contributed by atoms with Gasteiger partial charge in [0.2, 0.25) is 17.7 Å². The molecule has 2 N–H and O–H groups in total. The molecule has 0 fully saturated rings. The van der Waals surface area contributed by atoms with Crippen molar-refractivity contribution in [3.63, 3.8) is 0 Å². The van der Waals surface area contributed by atoms with E-state index in [1.165, 1.54) is 36.9 Å². The van der Waals surface area contributed by atoms with Crippen LogP contribution in [0.1, 0.15) is 6.92 Å². The minimum absolute atomic E-state index is 0.105. The van der Waals surface area contributed by atoms with E-state index >= 15 is 0 Å². The Balaban J connectivity index is 1.89. The van der Waals surface area contributed by atoms with Crippen LogP contribution in [0.25, 0.3) is 5.65 Å². The molecule has 0 saturated heterocycles. The van der Waals surface area contributed by atoms with E-state index in [2.05, 4.69) is 20.3 Å². The third kappa shape index (κ3) is 4.46. The highest BCUT2D eigenvalue weighted by Crippen LogP contribution is 2.25. The second-order valence-electron chi connectivity index (χ2n) is 5.57. The van der Waals surface area contributed by atoms with Crippen molar-refractivity contribution in [1.82, 2.24) is 24.1 Å². The Bertz CT molecular complexity index is 1180. The number of rotatable bonds is 7. The highest BCUT2D eigenvalue weighted by atomic mass is 35.5. The van der Waals surface area contributed by atoms with Gasteiger partial charge in [-0.25, -0.2) is 14.5 Å². The molecule has 30 heavy (non-hydrogen) atoms.